The first kappa shape index (κ1) is 72.7. The largest absolute Gasteiger partial charge is 2.00 e. The number of unbranched alkanes of at least 4 members (excludes halogenated alkanes) is 5. The van der Waals surface area contributed by atoms with Gasteiger partial charge in [-0.05, 0) is 113 Å². The Morgan fingerprint density at radius 2 is 0.755 bits per heavy atom. The van der Waals surface area contributed by atoms with E-state index >= 15 is 0 Å². The van der Waals surface area contributed by atoms with E-state index in [9.17, 15) is 0 Å². The molecule has 3 fully saturated rings. The van der Waals surface area contributed by atoms with Crippen LogP contribution in [0, 0.1) is 0 Å². The number of rotatable bonds is 19. The third kappa shape index (κ3) is 53.3. The molecule has 0 aromatic carbocycles. The minimum absolute atomic E-state index is 0. The molecule has 1 N–H and O–H groups in total. The SMILES string of the molecule is C.C1CCOC1.C1CC[Si]2(CCCCO2)OC1.ClCCCC[Si](Cl)(Cl)CCCCCl.ClCCCC[Si](Cl)(Cl)CCCCCl.OCCCCCl.[Cl-].[Cl-].[H-].[H-].[Mg+2].[Mg+2]. The molecule has 3 saturated heterocycles. The number of aliphatic hydroxyl groups excluding tert-OH is 1. The molecule has 0 aromatic rings. The number of hydrogen-bond acceptors (Lipinski definition) is 4. The quantitative estimate of drug-likeness (QED) is 0.0621. The fourth-order valence-corrected chi connectivity index (χ4v) is 16.1. The molecule has 0 aliphatic carbocycles. The van der Waals surface area contributed by atoms with E-state index in [4.69, 9.17) is 121 Å². The Morgan fingerprint density at radius 1 is 0.472 bits per heavy atom. The normalized spacial score (nSPS) is 15.5. The molecule has 0 saturated carbocycles. The van der Waals surface area contributed by atoms with Crippen molar-refractivity contribution in [1.82, 2.24) is 0 Å². The summed E-state index contributed by atoms with van der Waals surface area (Å²) >= 11 is 52.4. The molecule has 1 spiro atoms. The van der Waals surface area contributed by atoms with Gasteiger partial charge >= 0.3 is 54.7 Å². The second-order valence-corrected chi connectivity index (χ2v) is 32.8. The predicted octanol–water partition coefficient (Wildman–Crippen LogP) is 7.84. The molecule has 0 amide bonds. The van der Waals surface area contributed by atoms with Gasteiger partial charge in [0.25, 0.3) is 13.4 Å². The second-order valence-electron chi connectivity index (χ2n) is 12.3. The van der Waals surface area contributed by atoms with E-state index in [1.54, 1.807) is 0 Å². The summed E-state index contributed by atoms with van der Waals surface area (Å²) in [5.74, 6) is 3.50. The van der Waals surface area contributed by atoms with E-state index in [1.807, 2.05) is 0 Å². The van der Waals surface area contributed by atoms with Gasteiger partial charge < -0.3 is 46.4 Å². The first-order valence-corrected chi connectivity index (χ1v) is 31.9. The van der Waals surface area contributed by atoms with Crippen molar-refractivity contribution in [3.8, 4) is 0 Å². The summed E-state index contributed by atoms with van der Waals surface area (Å²) in [4.78, 5) is 0. The Morgan fingerprint density at radius 3 is 0.943 bits per heavy atom. The average Bonchev–Trinajstić information content (AvgIpc) is 3.67. The van der Waals surface area contributed by atoms with E-state index in [2.05, 4.69) is 0 Å². The van der Waals surface area contributed by atoms with Crippen molar-refractivity contribution < 1.29 is 46.4 Å². The molecule has 4 nitrogen and oxygen atoms in total. The predicted molar refractivity (Wildman–Crippen MR) is 247 cm³/mol. The molecule has 320 valence electrons. The van der Waals surface area contributed by atoms with Crippen LogP contribution in [-0.4, -0.2) is 136 Å². The van der Waals surface area contributed by atoms with Crippen molar-refractivity contribution in [1.29, 1.82) is 0 Å². The van der Waals surface area contributed by atoms with Gasteiger partial charge in [-0.3, -0.25) is 0 Å². The maximum atomic E-state index is 8.14. The van der Waals surface area contributed by atoms with Crippen molar-refractivity contribution in [2.45, 2.75) is 146 Å². The van der Waals surface area contributed by atoms with Crippen molar-refractivity contribution in [3.63, 3.8) is 0 Å². The van der Waals surface area contributed by atoms with E-state index in [-0.39, 0.29) is 87.8 Å². The van der Waals surface area contributed by atoms with Crippen LogP contribution < -0.4 is 24.8 Å². The van der Waals surface area contributed by atoms with Crippen LogP contribution in [0.1, 0.15) is 113 Å². The van der Waals surface area contributed by atoms with Crippen molar-refractivity contribution in [3.05, 3.63) is 0 Å². The zero-order valence-corrected chi connectivity index (χ0v) is 45.5. The van der Waals surface area contributed by atoms with Gasteiger partial charge in [0.15, 0.2) is 0 Å². The fourth-order valence-electron chi connectivity index (χ4n) is 4.84. The summed E-state index contributed by atoms with van der Waals surface area (Å²) in [5.41, 5.74) is 0. The fraction of sp³-hybridized carbons (Fsp3) is 1.00. The number of aliphatic hydroxyl groups is 1. The summed E-state index contributed by atoms with van der Waals surface area (Å²) in [6.07, 6.45) is 17.8. The average molecular weight is 1050 g/mol. The van der Waals surface area contributed by atoms with Crippen LogP contribution in [0.4, 0.5) is 0 Å². The maximum Gasteiger partial charge on any atom is 2.00 e. The monoisotopic (exact) mass is 1050 g/mol. The summed E-state index contributed by atoms with van der Waals surface area (Å²) in [7, 11) is -1.57. The van der Waals surface area contributed by atoms with E-state index in [0.717, 1.165) is 115 Å². The van der Waals surface area contributed by atoms with Gasteiger partial charge in [-0.25, -0.2) is 0 Å². The van der Waals surface area contributed by atoms with E-state index < -0.39 is 21.9 Å². The van der Waals surface area contributed by atoms with Gasteiger partial charge in [0, 0.05) is 62.4 Å². The molecule has 53 heavy (non-hydrogen) atoms. The van der Waals surface area contributed by atoms with Crippen molar-refractivity contribution in [2.24, 2.45) is 0 Å². The first-order valence-electron chi connectivity index (χ1n) is 18.1. The number of halogens is 11. The molecular weight excluding hydrogens is 983 g/mol. The van der Waals surface area contributed by atoms with Crippen molar-refractivity contribution in [2.75, 3.05) is 62.4 Å². The molecular formula is C33H71Cl11Mg2O4Si3. The smallest absolute Gasteiger partial charge is 1.00 e. The molecule has 0 atom stereocenters. The van der Waals surface area contributed by atoms with Gasteiger partial charge in [-0.1, -0.05) is 33.1 Å². The molecule has 0 unspecified atom stereocenters. The Bertz CT molecular complexity index is 595. The molecule has 3 aliphatic rings. The molecule has 20 heteroatoms. The Kier molecular flexibility index (Phi) is 73.1. The van der Waals surface area contributed by atoms with Gasteiger partial charge in [-0.15, -0.1) is 102 Å². The van der Waals surface area contributed by atoms with Gasteiger partial charge in [0.1, 0.15) is 0 Å². The van der Waals surface area contributed by atoms with Crippen molar-refractivity contribution >= 4 is 170 Å². The van der Waals surface area contributed by atoms with Gasteiger partial charge in [0.05, 0.1) is 0 Å². The Hall–Kier alpha value is 5.21. The van der Waals surface area contributed by atoms with Crippen LogP contribution in [0.3, 0.4) is 0 Å². The van der Waals surface area contributed by atoms with Crippen LogP contribution in [0.5, 0.6) is 0 Å². The zero-order valence-electron chi connectivity index (χ0n) is 33.4. The number of ether oxygens (including phenoxy) is 1. The van der Waals surface area contributed by atoms with Crippen LogP contribution in [0.15, 0.2) is 0 Å². The van der Waals surface area contributed by atoms with Crippen LogP contribution in [0.2, 0.25) is 36.3 Å². The van der Waals surface area contributed by atoms with E-state index in [0.29, 0.717) is 29.4 Å². The standard InChI is InChI=1S/2C8H16Cl4Si.C8H16O2Si.C4H9ClO.C4H8O.CH4.2ClH.2Mg.2H/c2*9-5-1-3-7-13(11,12)8-4-2-6-10;1-3-7-11(9-5-1)8-4-2-6-10-11;5-3-1-2-4-6;1-2-4-5-3-1;;;;;;;/h2*1-8H2;1-8H2;6H,1-4H2;1-4H2;1H4;2*1H;;;;/q;;;;;;;;2*+2;2*-1/p-2. The molecule has 0 aromatic heterocycles. The van der Waals surface area contributed by atoms with Crippen LogP contribution >= 0.6 is 102 Å². The maximum absolute atomic E-state index is 8.14. The minimum Gasteiger partial charge on any atom is -1.00 e. The van der Waals surface area contributed by atoms with Gasteiger partial charge in [-0.2, -0.15) is 0 Å². The molecule has 3 aliphatic heterocycles. The topological polar surface area (TPSA) is 47.9 Å². The van der Waals surface area contributed by atoms with Crippen LogP contribution in [-0.2, 0) is 13.6 Å². The third-order valence-electron chi connectivity index (χ3n) is 7.71. The number of alkyl halides is 5. The molecule has 3 heterocycles. The molecule has 3 rings (SSSR count). The Labute approximate surface area is 420 Å². The summed E-state index contributed by atoms with van der Waals surface area (Å²) in [6, 6.07) is 6.37. The summed E-state index contributed by atoms with van der Waals surface area (Å²) in [6.45, 7) is 0.298. The van der Waals surface area contributed by atoms with Crippen LogP contribution in [0.25, 0.3) is 0 Å². The first-order chi connectivity index (χ1) is 23.1. The number of hydrogen-bond donors (Lipinski definition) is 1. The molecule has 0 radical (unpaired) electrons. The minimum atomic E-state index is -1.95. The zero-order chi connectivity index (χ0) is 36.2. The van der Waals surface area contributed by atoms with E-state index in [1.165, 1.54) is 50.6 Å². The summed E-state index contributed by atoms with van der Waals surface area (Å²) in [5, 5.41) is 8.14. The van der Waals surface area contributed by atoms with Gasteiger partial charge in [0.2, 0.25) is 0 Å². The third-order valence-corrected chi connectivity index (χ3v) is 21.6. The summed E-state index contributed by atoms with van der Waals surface area (Å²) < 4.78 is 16.6. The molecule has 0 bridgehead atoms. The second kappa shape index (κ2) is 53.3. The Balaban J connectivity index is -0.0000000688.